The lowest BCUT2D eigenvalue weighted by molar-refractivity contribution is -0.163. The maximum atomic E-state index is 11.1. The van der Waals surface area contributed by atoms with Gasteiger partial charge in [-0.15, -0.1) is 0 Å². The Hall–Kier alpha value is -1.10. The normalized spacial score (nSPS) is 21.2. The number of carboxylic acid groups (broad SMARTS) is 1. The van der Waals surface area contributed by atoms with Crippen molar-refractivity contribution in [2.24, 2.45) is 0 Å². The molecule has 0 atom stereocenters. The smallest absolute Gasteiger partial charge is 0.394 e. The zero-order chi connectivity index (χ0) is 10.1. The van der Waals surface area contributed by atoms with Crippen LogP contribution in [0.4, 0.5) is 0 Å². The highest BCUT2D eigenvalue weighted by atomic mass is 16.5. The molecule has 5 heteroatoms. The van der Waals surface area contributed by atoms with E-state index in [-0.39, 0.29) is 0 Å². The van der Waals surface area contributed by atoms with Gasteiger partial charge in [-0.05, 0) is 13.8 Å². The van der Waals surface area contributed by atoms with Crippen molar-refractivity contribution in [3.8, 4) is 0 Å². The Balaban J connectivity index is 2.62. The fourth-order valence-electron chi connectivity index (χ4n) is 1.33. The topological polar surface area (TPSA) is 66.8 Å². The lowest BCUT2D eigenvalue weighted by atomic mass is 10.1. The number of rotatable bonds is 0. The summed E-state index contributed by atoms with van der Waals surface area (Å²) in [6.45, 7) is 4.74. The van der Waals surface area contributed by atoms with Crippen molar-refractivity contribution in [1.29, 1.82) is 0 Å². The first-order valence-electron chi connectivity index (χ1n) is 4.08. The van der Waals surface area contributed by atoms with Crippen molar-refractivity contribution >= 4 is 11.9 Å². The van der Waals surface area contributed by atoms with Gasteiger partial charge in [0.25, 0.3) is 0 Å². The molecule has 0 saturated carbocycles. The Morgan fingerprint density at radius 3 is 2.54 bits per heavy atom. The molecule has 0 aromatic heterocycles. The fourth-order valence-corrected chi connectivity index (χ4v) is 1.33. The van der Waals surface area contributed by atoms with Gasteiger partial charge in [-0.1, -0.05) is 0 Å². The number of nitrogens with zero attached hydrogens (tertiary/aromatic N) is 1. The van der Waals surface area contributed by atoms with Gasteiger partial charge in [0.1, 0.15) is 0 Å². The van der Waals surface area contributed by atoms with Gasteiger partial charge >= 0.3 is 11.9 Å². The van der Waals surface area contributed by atoms with E-state index in [2.05, 4.69) is 0 Å². The van der Waals surface area contributed by atoms with Crippen LogP contribution in [0.25, 0.3) is 0 Å². The third kappa shape index (κ3) is 2.42. The van der Waals surface area contributed by atoms with E-state index in [9.17, 15) is 9.59 Å². The molecule has 1 aliphatic heterocycles. The van der Waals surface area contributed by atoms with Crippen LogP contribution in [0.2, 0.25) is 0 Å². The average molecular weight is 187 g/mol. The first kappa shape index (κ1) is 9.98. The maximum Gasteiger partial charge on any atom is 0.394 e. The monoisotopic (exact) mass is 187 g/mol. The van der Waals surface area contributed by atoms with Gasteiger partial charge in [0.05, 0.1) is 12.2 Å². The lowest BCUT2D eigenvalue weighted by Crippen LogP contribution is -2.52. The Labute approximate surface area is 76.3 Å². The van der Waals surface area contributed by atoms with Crippen LogP contribution in [0.5, 0.6) is 0 Å². The molecule has 74 valence electrons. The van der Waals surface area contributed by atoms with E-state index in [1.165, 1.54) is 4.90 Å². The van der Waals surface area contributed by atoms with E-state index >= 15 is 0 Å². The zero-order valence-electron chi connectivity index (χ0n) is 7.74. The molecule has 5 nitrogen and oxygen atoms in total. The zero-order valence-corrected chi connectivity index (χ0v) is 7.74. The standard InChI is InChI=1S/C8H13NO4/c1-8(2)5-9(3-4-13-8)6(10)7(11)12/h3-5H2,1-2H3,(H,11,12). The third-order valence-corrected chi connectivity index (χ3v) is 1.90. The average Bonchev–Trinajstić information content (AvgIpc) is 2.01. The Kier molecular flexibility index (Phi) is 2.56. The Morgan fingerprint density at radius 1 is 1.46 bits per heavy atom. The first-order chi connectivity index (χ1) is 5.92. The minimum Gasteiger partial charge on any atom is -0.474 e. The number of morpholine rings is 1. The molecular weight excluding hydrogens is 174 g/mol. The second-order valence-electron chi connectivity index (χ2n) is 3.64. The van der Waals surface area contributed by atoms with E-state index in [0.29, 0.717) is 19.7 Å². The number of ether oxygens (including phenoxy) is 1. The number of carbonyl (C=O) groups is 2. The number of aliphatic carboxylic acids is 1. The van der Waals surface area contributed by atoms with Crippen LogP contribution in [-0.4, -0.2) is 47.2 Å². The van der Waals surface area contributed by atoms with Crippen LogP contribution in [0.15, 0.2) is 0 Å². The molecule has 0 aliphatic carbocycles. The van der Waals surface area contributed by atoms with Crippen molar-refractivity contribution in [2.45, 2.75) is 19.4 Å². The molecule has 0 radical (unpaired) electrons. The molecule has 1 N–H and O–H groups in total. The molecule has 1 aliphatic rings. The molecule has 1 fully saturated rings. The number of hydrogen-bond acceptors (Lipinski definition) is 3. The largest absolute Gasteiger partial charge is 0.474 e. The summed E-state index contributed by atoms with van der Waals surface area (Å²) in [4.78, 5) is 22.7. The van der Waals surface area contributed by atoms with Gasteiger partial charge in [-0.3, -0.25) is 4.79 Å². The quantitative estimate of drug-likeness (QED) is 0.529. The summed E-state index contributed by atoms with van der Waals surface area (Å²) in [5.74, 6) is -2.26. The van der Waals surface area contributed by atoms with Crippen LogP contribution in [0, 0.1) is 0 Å². The van der Waals surface area contributed by atoms with E-state index in [1.807, 2.05) is 13.8 Å². The number of amides is 1. The van der Waals surface area contributed by atoms with E-state index < -0.39 is 17.5 Å². The van der Waals surface area contributed by atoms with E-state index in [4.69, 9.17) is 9.84 Å². The van der Waals surface area contributed by atoms with Gasteiger partial charge in [0.15, 0.2) is 0 Å². The fraction of sp³-hybridized carbons (Fsp3) is 0.750. The summed E-state index contributed by atoms with van der Waals surface area (Å²) in [5.41, 5.74) is -0.441. The molecule has 0 aromatic carbocycles. The SMILES string of the molecule is CC1(C)CN(C(=O)C(=O)O)CCO1. The van der Waals surface area contributed by atoms with Crippen LogP contribution in [0.3, 0.4) is 0 Å². The van der Waals surface area contributed by atoms with E-state index in [1.54, 1.807) is 0 Å². The number of carbonyl (C=O) groups excluding carboxylic acids is 1. The number of hydrogen-bond donors (Lipinski definition) is 1. The van der Waals surface area contributed by atoms with Crippen LogP contribution < -0.4 is 0 Å². The lowest BCUT2D eigenvalue weighted by Gasteiger charge is -2.37. The molecule has 0 aromatic rings. The molecule has 0 bridgehead atoms. The molecular formula is C8H13NO4. The molecule has 0 unspecified atom stereocenters. The minimum atomic E-state index is -1.40. The molecule has 0 spiro atoms. The van der Waals surface area contributed by atoms with Crippen molar-refractivity contribution in [2.75, 3.05) is 19.7 Å². The van der Waals surface area contributed by atoms with Crippen LogP contribution >= 0.6 is 0 Å². The second kappa shape index (κ2) is 3.33. The molecule has 13 heavy (non-hydrogen) atoms. The molecule has 1 amide bonds. The van der Waals surface area contributed by atoms with Crippen molar-refractivity contribution < 1.29 is 19.4 Å². The Bertz CT molecular complexity index is 236. The van der Waals surface area contributed by atoms with Gasteiger partial charge < -0.3 is 14.7 Å². The minimum absolute atomic E-state index is 0.331. The molecule has 1 saturated heterocycles. The van der Waals surface area contributed by atoms with Crippen molar-refractivity contribution in [1.82, 2.24) is 4.90 Å². The number of carboxylic acids is 1. The van der Waals surface area contributed by atoms with Crippen LogP contribution in [0.1, 0.15) is 13.8 Å². The van der Waals surface area contributed by atoms with Gasteiger partial charge in [0, 0.05) is 13.1 Å². The summed E-state index contributed by atoms with van der Waals surface area (Å²) in [6, 6.07) is 0. The van der Waals surface area contributed by atoms with Gasteiger partial charge in [-0.25, -0.2) is 4.79 Å². The highest BCUT2D eigenvalue weighted by Crippen LogP contribution is 2.16. The van der Waals surface area contributed by atoms with Crippen LogP contribution in [-0.2, 0) is 14.3 Å². The second-order valence-corrected chi connectivity index (χ2v) is 3.64. The Morgan fingerprint density at radius 2 is 2.08 bits per heavy atom. The summed E-state index contributed by atoms with van der Waals surface area (Å²) < 4.78 is 5.34. The van der Waals surface area contributed by atoms with Crippen molar-refractivity contribution in [3.05, 3.63) is 0 Å². The first-order valence-corrected chi connectivity index (χ1v) is 4.08. The van der Waals surface area contributed by atoms with E-state index in [0.717, 1.165) is 0 Å². The summed E-state index contributed by atoms with van der Waals surface area (Å²) in [7, 11) is 0. The molecule has 1 rings (SSSR count). The van der Waals surface area contributed by atoms with Crippen molar-refractivity contribution in [3.63, 3.8) is 0 Å². The highest BCUT2D eigenvalue weighted by Gasteiger charge is 2.32. The highest BCUT2D eigenvalue weighted by molar-refractivity contribution is 6.31. The predicted molar refractivity (Wildman–Crippen MR) is 44.2 cm³/mol. The van der Waals surface area contributed by atoms with Gasteiger partial charge in [0.2, 0.25) is 0 Å². The predicted octanol–water partition coefficient (Wildman–Crippen LogP) is -0.292. The van der Waals surface area contributed by atoms with Gasteiger partial charge in [-0.2, -0.15) is 0 Å². The summed E-state index contributed by atoms with van der Waals surface area (Å²) in [5, 5.41) is 8.47. The third-order valence-electron chi connectivity index (χ3n) is 1.90. The summed E-state index contributed by atoms with van der Waals surface area (Å²) >= 11 is 0. The summed E-state index contributed by atoms with van der Waals surface area (Å²) in [6.07, 6.45) is 0. The maximum absolute atomic E-state index is 11.1. The molecule has 1 heterocycles.